The molecule has 9 nitrogen and oxygen atoms in total. The summed E-state index contributed by atoms with van der Waals surface area (Å²) in [6, 6.07) is 22.9. The van der Waals surface area contributed by atoms with Crippen LogP contribution in [-0.4, -0.2) is 83.5 Å². The number of carbonyl (C=O) groups excluding carboxylic acids is 2. The number of fused-ring (bicyclic) bond motifs is 2. The third-order valence-electron chi connectivity index (χ3n) is 9.85. The van der Waals surface area contributed by atoms with E-state index in [1.165, 1.54) is 24.0 Å². The highest BCUT2D eigenvalue weighted by Crippen LogP contribution is 2.42. The zero-order chi connectivity index (χ0) is 31.9. The van der Waals surface area contributed by atoms with Gasteiger partial charge in [-0.2, -0.15) is 0 Å². The molecule has 4 heterocycles. The van der Waals surface area contributed by atoms with Crippen molar-refractivity contribution in [2.24, 2.45) is 0 Å². The normalized spacial score (nSPS) is 17.3. The number of nitrogens with one attached hydrogen (secondary N) is 1. The molecule has 1 aliphatic carbocycles. The lowest BCUT2D eigenvalue weighted by Crippen LogP contribution is -2.47. The number of ether oxygens (including phenoxy) is 1. The summed E-state index contributed by atoms with van der Waals surface area (Å²) in [6.45, 7) is 7.64. The van der Waals surface area contributed by atoms with Crippen LogP contribution in [0.5, 0.6) is 5.75 Å². The number of amides is 1. The number of aromatic nitrogens is 3. The Labute approximate surface area is 274 Å². The van der Waals surface area contributed by atoms with Crippen molar-refractivity contribution < 1.29 is 14.3 Å². The van der Waals surface area contributed by atoms with Gasteiger partial charge in [-0.3, -0.25) is 9.69 Å². The first-order valence-corrected chi connectivity index (χ1v) is 16.6. The smallest absolute Gasteiger partial charge is 0.281 e. The minimum atomic E-state index is -0.0412. The van der Waals surface area contributed by atoms with Crippen LogP contribution in [0.15, 0.2) is 73.1 Å². The Bertz CT molecular complexity index is 1960. The summed E-state index contributed by atoms with van der Waals surface area (Å²) in [7, 11) is 0.521. The molecule has 0 radical (unpaired) electrons. The fraction of sp³-hybridized carbons (Fsp3) is 0.297. The minimum absolute atomic E-state index is 0.0412. The molecule has 8 rings (SSSR count). The summed E-state index contributed by atoms with van der Waals surface area (Å²) in [5, 5.41) is 0.934. The summed E-state index contributed by atoms with van der Waals surface area (Å²) in [5.41, 5.74) is 9.61. The van der Waals surface area contributed by atoms with Crippen LogP contribution in [0.25, 0.3) is 33.5 Å². The van der Waals surface area contributed by atoms with Crippen molar-refractivity contribution in [3.63, 3.8) is 0 Å². The molecule has 236 valence electrons. The van der Waals surface area contributed by atoms with E-state index in [1.54, 1.807) is 6.33 Å². The van der Waals surface area contributed by atoms with Gasteiger partial charge in [0.1, 0.15) is 24.3 Å². The second kappa shape index (κ2) is 12.4. The third kappa shape index (κ3) is 5.83. The maximum Gasteiger partial charge on any atom is 0.281 e. The summed E-state index contributed by atoms with van der Waals surface area (Å²) in [6.07, 6.45) is 5.00. The average molecular weight is 625 g/mol. The number of piperazine rings is 1. The van der Waals surface area contributed by atoms with Crippen LogP contribution < -0.4 is 9.64 Å². The van der Waals surface area contributed by atoms with E-state index in [1.807, 2.05) is 23.1 Å². The summed E-state index contributed by atoms with van der Waals surface area (Å²) < 4.78 is 6.10. The second-order valence-corrected chi connectivity index (χ2v) is 12.9. The van der Waals surface area contributed by atoms with Crippen LogP contribution in [-0.2, 0) is 11.3 Å². The van der Waals surface area contributed by atoms with Gasteiger partial charge in [-0.05, 0) is 72.2 Å². The zero-order valence-corrected chi connectivity index (χ0v) is 26.6. The molecule has 1 N–H and O–H groups in total. The molecule has 0 unspecified atom stereocenters. The number of nitrogens with zero attached hydrogens (tertiary/aromatic N) is 5. The Morgan fingerprint density at radius 2 is 1.79 bits per heavy atom. The Morgan fingerprint density at radius 3 is 2.57 bits per heavy atom. The van der Waals surface area contributed by atoms with E-state index in [2.05, 4.69) is 75.1 Å². The van der Waals surface area contributed by atoms with Crippen molar-refractivity contribution in [2.75, 3.05) is 44.2 Å². The fourth-order valence-corrected chi connectivity index (χ4v) is 7.00. The molecule has 1 saturated heterocycles. The van der Waals surface area contributed by atoms with Crippen molar-refractivity contribution >= 4 is 36.2 Å². The molecular formula is C37H37BN6O3. The topological polar surface area (TPSA) is 94.7 Å². The molecule has 1 amide bonds. The molecule has 5 aromatic rings. The maximum absolute atomic E-state index is 13.9. The number of carbonyl (C=O) groups is 2. The number of aromatic amines is 1. The monoisotopic (exact) mass is 624 g/mol. The van der Waals surface area contributed by atoms with Gasteiger partial charge in [0.2, 0.25) is 0 Å². The Hall–Kier alpha value is -4.80. The Balaban J connectivity index is 1.04. The molecular weight excluding hydrogens is 587 g/mol. The van der Waals surface area contributed by atoms with Crippen molar-refractivity contribution in [2.45, 2.75) is 32.2 Å². The number of hydrogen-bond acceptors (Lipinski definition) is 7. The number of rotatable bonds is 8. The van der Waals surface area contributed by atoms with E-state index in [9.17, 15) is 9.59 Å². The van der Waals surface area contributed by atoms with Crippen molar-refractivity contribution in [1.82, 2.24) is 24.7 Å². The highest BCUT2D eigenvalue weighted by atomic mass is 16.5. The van der Waals surface area contributed by atoms with E-state index in [0.29, 0.717) is 37.8 Å². The first kappa shape index (κ1) is 29.6. The van der Waals surface area contributed by atoms with Gasteiger partial charge in [0.05, 0.1) is 24.0 Å². The van der Waals surface area contributed by atoms with Crippen molar-refractivity contribution in [1.29, 1.82) is 0 Å². The highest BCUT2D eigenvalue weighted by Gasteiger charge is 2.30. The second-order valence-electron chi connectivity index (χ2n) is 12.9. The van der Waals surface area contributed by atoms with Gasteiger partial charge in [0.15, 0.2) is 0 Å². The number of benzene rings is 3. The van der Waals surface area contributed by atoms with Gasteiger partial charge < -0.3 is 24.2 Å². The molecule has 2 aliphatic heterocycles. The van der Waals surface area contributed by atoms with E-state index in [-0.39, 0.29) is 5.91 Å². The molecule has 0 bridgehead atoms. The van der Waals surface area contributed by atoms with Crippen molar-refractivity contribution in [3.05, 3.63) is 95.3 Å². The largest absolute Gasteiger partial charge is 0.491 e. The van der Waals surface area contributed by atoms with Crippen LogP contribution in [0.1, 0.15) is 45.8 Å². The van der Waals surface area contributed by atoms with Crippen LogP contribution >= 0.6 is 0 Å². The minimum Gasteiger partial charge on any atom is -0.491 e. The lowest BCUT2D eigenvalue weighted by molar-refractivity contribution is 0.0989. The summed E-state index contributed by atoms with van der Waals surface area (Å²) in [5.74, 6) is 1.25. The van der Waals surface area contributed by atoms with Crippen molar-refractivity contribution in [3.8, 4) is 28.3 Å². The first-order valence-electron chi connectivity index (χ1n) is 16.6. The van der Waals surface area contributed by atoms with Crippen LogP contribution in [0, 0.1) is 6.92 Å². The molecule has 3 aliphatic rings. The van der Waals surface area contributed by atoms with E-state index in [4.69, 9.17) is 9.72 Å². The van der Waals surface area contributed by atoms with E-state index in [0.717, 1.165) is 83.7 Å². The molecule has 2 fully saturated rings. The molecule has 0 spiro atoms. The zero-order valence-electron chi connectivity index (χ0n) is 26.6. The SMILES string of the molecule is Cc1c(-c2ncnc3[nH]c(-c4ccc(CN5CCN(BC=O)CC5)cc4)cc23)cccc1N1CCOc2cc(C3CC3)ccc2C1=O. The van der Waals surface area contributed by atoms with Gasteiger partial charge in [-0.1, -0.05) is 42.5 Å². The summed E-state index contributed by atoms with van der Waals surface area (Å²) >= 11 is 0. The van der Waals surface area contributed by atoms with Gasteiger partial charge in [0.25, 0.3) is 13.3 Å². The standard InChI is InChI=1S/C37H37BN6O3/c1-24-29(3-2-4-33(24)44-17-18-47-34-19-28(26-9-10-26)11-12-30(34)37(44)46)35-31-20-32(41-36(31)40-23-39-35)27-7-5-25(6-8-27)21-42-13-15-43(16-14-42)38-22-45/h2-8,11-12,19-20,22-23,26,38H,9-10,13-18,21H2,1H3,(H,39,40,41). The number of hydrogen-bond donors (Lipinski definition) is 1. The fourth-order valence-electron chi connectivity index (χ4n) is 7.00. The predicted octanol–water partition coefficient (Wildman–Crippen LogP) is 5.18. The van der Waals surface area contributed by atoms with Crippen LogP contribution in [0.3, 0.4) is 0 Å². The van der Waals surface area contributed by atoms with Gasteiger partial charge >= 0.3 is 0 Å². The van der Waals surface area contributed by atoms with E-state index < -0.39 is 0 Å². The lowest BCUT2D eigenvalue weighted by Gasteiger charge is -2.33. The third-order valence-corrected chi connectivity index (χ3v) is 9.85. The van der Waals surface area contributed by atoms with Crippen LogP contribution in [0.4, 0.5) is 5.69 Å². The quantitative estimate of drug-likeness (QED) is 0.188. The summed E-state index contributed by atoms with van der Waals surface area (Å²) in [4.78, 5) is 44.0. The molecule has 10 heteroatoms. The Kier molecular flexibility index (Phi) is 7.83. The molecule has 3 aromatic carbocycles. The lowest BCUT2D eigenvalue weighted by atomic mass is 9.93. The van der Waals surface area contributed by atoms with Gasteiger partial charge in [0, 0.05) is 55.1 Å². The molecule has 47 heavy (non-hydrogen) atoms. The molecule has 2 aromatic heterocycles. The number of H-pyrrole nitrogens is 1. The molecule has 0 atom stereocenters. The Morgan fingerprint density at radius 1 is 0.957 bits per heavy atom. The van der Waals surface area contributed by atoms with Gasteiger partial charge in [-0.25, -0.2) is 9.97 Å². The molecule has 1 saturated carbocycles. The van der Waals surface area contributed by atoms with E-state index >= 15 is 0 Å². The number of anilines is 1. The predicted molar refractivity (Wildman–Crippen MR) is 186 cm³/mol. The van der Waals surface area contributed by atoms with Crippen LogP contribution in [0.2, 0.25) is 0 Å². The average Bonchev–Trinajstić information content (AvgIpc) is 3.88. The maximum atomic E-state index is 13.9. The van der Waals surface area contributed by atoms with Gasteiger partial charge in [-0.15, -0.1) is 0 Å². The first-order chi connectivity index (χ1) is 23.1. The highest BCUT2D eigenvalue weighted by molar-refractivity contribution is 6.64.